The van der Waals surface area contributed by atoms with Gasteiger partial charge in [-0.25, -0.2) is 0 Å². The molecule has 0 rings (SSSR count). The van der Waals surface area contributed by atoms with E-state index in [9.17, 15) is 0 Å². The maximum atomic E-state index is 9.13. The van der Waals surface area contributed by atoms with Gasteiger partial charge in [0, 0.05) is 5.33 Å². The Hall–Kier alpha value is 0.400. The van der Waals surface area contributed by atoms with Crippen molar-refractivity contribution in [3.8, 4) is 0 Å². The lowest BCUT2D eigenvalue weighted by molar-refractivity contribution is -0.873. The standard InChI is InChI=1S/C6H15BrNO/c1-8(2,3)5-6(9)4-7/h6,9H,4-5H2,1-3H3/q+1/t6-/m0/s1. The summed E-state index contributed by atoms with van der Waals surface area (Å²) in [5.41, 5.74) is 0. The lowest BCUT2D eigenvalue weighted by Crippen LogP contribution is -2.41. The molecule has 0 aliphatic heterocycles. The van der Waals surface area contributed by atoms with Crippen LogP contribution < -0.4 is 0 Å². The summed E-state index contributed by atoms with van der Waals surface area (Å²) in [5.74, 6) is 0. The van der Waals surface area contributed by atoms with Crippen molar-refractivity contribution in [3.63, 3.8) is 0 Å². The van der Waals surface area contributed by atoms with Gasteiger partial charge in [0.2, 0.25) is 0 Å². The van der Waals surface area contributed by atoms with Gasteiger partial charge in [0.15, 0.2) is 0 Å². The van der Waals surface area contributed by atoms with Crippen molar-refractivity contribution in [2.75, 3.05) is 33.0 Å². The maximum absolute atomic E-state index is 9.13. The first kappa shape index (κ1) is 9.40. The van der Waals surface area contributed by atoms with Gasteiger partial charge in [-0.05, 0) is 0 Å². The number of aliphatic hydroxyl groups excluding tert-OH is 1. The van der Waals surface area contributed by atoms with E-state index in [2.05, 4.69) is 37.1 Å². The summed E-state index contributed by atoms with van der Waals surface area (Å²) >= 11 is 3.21. The predicted octanol–water partition coefficient (Wildman–Crippen LogP) is 0.448. The van der Waals surface area contributed by atoms with Gasteiger partial charge < -0.3 is 9.59 Å². The molecule has 0 aliphatic rings. The van der Waals surface area contributed by atoms with Crippen LogP contribution in [0.2, 0.25) is 0 Å². The molecular weight excluding hydrogens is 182 g/mol. The van der Waals surface area contributed by atoms with E-state index in [1.165, 1.54) is 0 Å². The third kappa shape index (κ3) is 6.28. The molecule has 0 amide bonds. The monoisotopic (exact) mass is 196 g/mol. The number of aliphatic hydroxyl groups is 1. The summed E-state index contributed by atoms with van der Waals surface area (Å²) in [7, 11) is 6.18. The minimum absolute atomic E-state index is 0.218. The van der Waals surface area contributed by atoms with Crippen LogP contribution in [0.3, 0.4) is 0 Å². The molecule has 0 spiro atoms. The third-order valence-corrected chi connectivity index (χ3v) is 1.68. The van der Waals surface area contributed by atoms with Crippen molar-refractivity contribution in [1.29, 1.82) is 0 Å². The second-order valence-electron chi connectivity index (χ2n) is 3.28. The van der Waals surface area contributed by atoms with Crippen molar-refractivity contribution >= 4 is 15.9 Å². The molecule has 3 heteroatoms. The molecule has 0 unspecified atom stereocenters. The minimum Gasteiger partial charge on any atom is -0.386 e. The van der Waals surface area contributed by atoms with E-state index in [4.69, 9.17) is 5.11 Å². The van der Waals surface area contributed by atoms with Gasteiger partial charge >= 0.3 is 0 Å². The molecule has 0 aliphatic carbocycles. The highest BCUT2D eigenvalue weighted by atomic mass is 79.9. The summed E-state index contributed by atoms with van der Waals surface area (Å²) in [6.07, 6.45) is -0.218. The second-order valence-corrected chi connectivity index (χ2v) is 3.93. The summed E-state index contributed by atoms with van der Waals surface area (Å²) in [6, 6.07) is 0. The Kier molecular flexibility index (Phi) is 3.70. The Morgan fingerprint density at radius 2 is 1.89 bits per heavy atom. The van der Waals surface area contributed by atoms with E-state index in [0.29, 0.717) is 5.33 Å². The zero-order chi connectivity index (χ0) is 7.49. The van der Waals surface area contributed by atoms with E-state index in [-0.39, 0.29) is 6.10 Å². The molecule has 0 aromatic rings. The van der Waals surface area contributed by atoms with E-state index in [1.807, 2.05) is 0 Å². The van der Waals surface area contributed by atoms with Crippen LogP contribution in [0.4, 0.5) is 0 Å². The summed E-state index contributed by atoms with van der Waals surface area (Å²) in [6.45, 7) is 0.797. The molecule has 0 saturated heterocycles. The Labute approximate surface area is 65.2 Å². The number of nitrogens with zero attached hydrogens (tertiary/aromatic N) is 1. The van der Waals surface area contributed by atoms with E-state index < -0.39 is 0 Å². The fraction of sp³-hybridized carbons (Fsp3) is 1.00. The van der Waals surface area contributed by atoms with Gasteiger partial charge in [-0.3, -0.25) is 0 Å². The lowest BCUT2D eigenvalue weighted by Gasteiger charge is -2.25. The summed E-state index contributed by atoms with van der Waals surface area (Å²) < 4.78 is 0.812. The molecule has 0 heterocycles. The average Bonchev–Trinajstić information content (AvgIpc) is 1.62. The van der Waals surface area contributed by atoms with Crippen molar-refractivity contribution in [3.05, 3.63) is 0 Å². The first-order chi connectivity index (χ1) is 3.95. The van der Waals surface area contributed by atoms with Gasteiger partial charge in [0.25, 0.3) is 0 Å². The molecule has 0 radical (unpaired) electrons. The molecule has 0 saturated carbocycles. The fourth-order valence-corrected chi connectivity index (χ4v) is 0.886. The number of alkyl halides is 1. The summed E-state index contributed by atoms with van der Waals surface area (Å²) in [5, 5.41) is 9.80. The van der Waals surface area contributed by atoms with E-state index in [0.717, 1.165) is 11.0 Å². The lowest BCUT2D eigenvalue weighted by atomic mass is 10.3. The first-order valence-electron chi connectivity index (χ1n) is 3.00. The van der Waals surface area contributed by atoms with Gasteiger partial charge in [-0.2, -0.15) is 0 Å². The summed E-state index contributed by atoms with van der Waals surface area (Å²) in [4.78, 5) is 0. The van der Waals surface area contributed by atoms with Crippen LogP contribution in [0.1, 0.15) is 0 Å². The molecule has 2 nitrogen and oxygen atoms in total. The van der Waals surface area contributed by atoms with Gasteiger partial charge in [0.05, 0.1) is 21.1 Å². The highest BCUT2D eigenvalue weighted by molar-refractivity contribution is 9.09. The molecule has 1 N–H and O–H groups in total. The quantitative estimate of drug-likeness (QED) is 0.514. The Morgan fingerprint density at radius 3 is 2.00 bits per heavy atom. The SMILES string of the molecule is C[N+](C)(C)C[C@@H](O)CBr. The topological polar surface area (TPSA) is 20.2 Å². The van der Waals surface area contributed by atoms with E-state index >= 15 is 0 Å². The van der Waals surface area contributed by atoms with Crippen molar-refractivity contribution in [1.82, 2.24) is 0 Å². The van der Waals surface area contributed by atoms with Crippen LogP contribution in [-0.4, -0.2) is 48.7 Å². The van der Waals surface area contributed by atoms with Crippen molar-refractivity contribution in [2.45, 2.75) is 6.10 Å². The smallest absolute Gasteiger partial charge is 0.112 e. The normalized spacial score (nSPS) is 15.7. The Balaban J connectivity index is 3.47. The van der Waals surface area contributed by atoms with Crippen molar-refractivity contribution < 1.29 is 9.59 Å². The van der Waals surface area contributed by atoms with Crippen LogP contribution >= 0.6 is 15.9 Å². The number of hydrogen-bond donors (Lipinski definition) is 1. The molecule has 56 valence electrons. The molecule has 9 heavy (non-hydrogen) atoms. The zero-order valence-corrected chi connectivity index (χ0v) is 7.85. The number of quaternary nitrogens is 1. The van der Waals surface area contributed by atoms with Gasteiger partial charge in [-0.15, -0.1) is 0 Å². The van der Waals surface area contributed by atoms with E-state index in [1.54, 1.807) is 0 Å². The van der Waals surface area contributed by atoms with Gasteiger partial charge in [0.1, 0.15) is 12.6 Å². The predicted molar refractivity (Wildman–Crippen MR) is 42.7 cm³/mol. The van der Waals surface area contributed by atoms with Gasteiger partial charge in [-0.1, -0.05) is 15.9 Å². The number of rotatable bonds is 3. The van der Waals surface area contributed by atoms with Crippen molar-refractivity contribution in [2.24, 2.45) is 0 Å². The molecule has 1 atom stereocenters. The Morgan fingerprint density at radius 1 is 1.44 bits per heavy atom. The average molecular weight is 197 g/mol. The zero-order valence-electron chi connectivity index (χ0n) is 6.26. The maximum Gasteiger partial charge on any atom is 0.112 e. The van der Waals surface area contributed by atoms with Crippen LogP contribution in [-0.2, 0) is 0 Å². The Bertz CT molecular complexity index is 79.6. The minimum atomic E-state index is -0.218. The van der Waals surface area contributed by atoms with Crippen LogP contribution in [0.5, 0.6) is 0 Å². The molecular formula is C6H15BrNO+. The second kappa shape index (κ2) is 3.54. The fourth-order valence-electron chi connectivity index (χ4n) is 0.681. The molecule has 0 aromatic carbocycles. The van der Waals surface area contributed by atoms with Crippen LogP contribution in [0.15, 0.2) is 0 Å². The first-order valence-corrected chi connectivity index (χ1v) is 4.12. The molecule has 0 aromatic heterocycles. The highest BCUT2D eigenvalue weighted by Crippen LogP contribution is 1.97. The number of hydrogen-bond acceptors (Lipinski definition) is 1. The van der Waals surface area contributed by atoms with Crippen LogP contribution in [0, 0.1) is 0 Å². The number of halogens is 1. The largest absolute Gasteiger partial charge is 0.386 e. The molecule has 0 bridgehead atoms. The number of likely N-dealkylation sites (N-methyl/N-ethyl adjacent to an activating group) is 1. The highest BCUT2D eigenvalue weighted by Gasteiger charge is 2.13. The molecule has 0 fully saturated rings. The third-order valence-electron chi connectivity index (χ3n) is 0.937. The van der Waals surface area contributed by atoms with Crippen LogP contribution in [0.25, 0.3) is 0 Å².